The van der Waals surface area contributed by atoms with Crippen molar-refractivity contribution in [2.24, 2.45) is 10.8 Å². The zero-order valence-electron chi connectivity index (χ0n) is 11.9. The van der Waals surface area contributed by atoms with E-state index in [1.807, 2.05) is 26.8 Å². The van der Waals surface area contributed by atoms with Gasteiger partial charge in [0.2, 0.25) is 0 Å². The number of carbonyl (C=O) groups excluding carboxylic acids is 2. The van der Waals surface area contributed by atoms with Crippen LogP contribution in [0.3, 0.4) is 0 Å². The van der Waals surface area contributed by atoms with Crippen molar-refractivity contribution in [2.75, 3.05) is 6.61 Å². The average molecular weight is 250 g/mol. The van der Waals surface area contributed by atoms with Gasteiger partial charge < -0.3 is 4.74 Å². The van der Waals surface area contributed by atoms with E-state index in [-0.39, 0.29) is 17.8 Å². The summed E-state index contributed by atoms with van der Waals surface area (Å²) in [5.74, 6) is -0.437. The van der Waals surface area contributed by atoms with Gasteiger partial charge in [0, 0.05) is 11.0 Å². The lowest BCUT2D eigenvalue weighted by Crippen LogP contribution is -2.40. The van der Waals surface area contributed by atoms with Crippen LogP contribution in [0.2, 0.25) is 0 Å². The number of ketones is 1. The second-order valence-electron chi connectivity index (χ2n) is 5.63. The van der Waals surface area contributed by atoms with Crippen molar-refractivity contribution in [3.63, 3.8) is 0 Å². The molecule has 3 nitrogen and oxygen atoms in total. The highest BCUT2D eigenvalue weighted by atomic mass is 16.5. The van der Waals surface area contributed by atoms with Gasteiger partial charge in [0.25, 0.3) is 0 Å². The Labute approximate surface area is 109 Å². The monoisotopic (exact) mass is 250 g/mol. The maximum Gasteiger partial charge on any atom is 0.333 e. The summed E-state index contributed by atoms with van der Waals surface area (Å²) in [6.45, 7) is 9.30. The van der Waals surface area contributed by atoms with Gasteiger partial charge in [0.05, 0.1) is 0 Å². The van der Waals surface area contributed by atoms with Gasteiger partial charge in [-0.1, -0.05) is 39.0 Å². The predicted octanol–water partition coefficient (Wildman–Crippen LogP) is 3.06. The fraction of sp³-hybridized carbons (Fsp3) is 0.600. The first kappa shape index (κ1) is 14.7. The maximum atomic E-state index is 12.3. The molecule has 0 fully saturated rings. The Bertz CT molecular complexity index is 415. The minimum atomic E-state index is -0.475. The van der Waals surface area contributed by atoms with E-state index in [0.717, 1.165) is 0 Å². The molecule has 0 heterocycles. The molecule has 0 radical (unpaired) electrons. The number of allylic oxidation sites excluding steroid dienone is 3. The van der Waals surface area contributed by atoms with Gasteiger partial charge in [-0.2, -0.15) is 0 Å². The fourth-order valence-electron chi connectivity index (χ4n) is 2.03. The van der Waals surface area contributed by atoms with Crippen LogP contribution in [0.5, 0.6) is 0 Å². The Hall–Kier alpha value is -1.38. The molecule has 1 atom stereocenters. The molecule has 1 aliphatic rings. The quantitative estimate of drug-likeness (QED) is 0.437. The second-order valence-corrected chi connectivity index (χ2v) is 5.63. The number of Topliss-reactive ketones (excluding diaryl/α,β-unsaturated/α-hetero) is 1. The van der Waals surface area contributed by atoms with Crippen molar-refractivity contribution in [1.82, 2.24) is 0 Å². The Balaban J connectivity index is 2.65. The summed E-state index contributed by atoms with van der Waals surface area (Å²) in [5.41, 5.74) is -0.139. The summed E-state index contributed by atoms with van der Waals surface area (Å²) in [7, 11) is 0. The lowest BCUT2D eigenvalue weighted by atomic mass is 9.66. The molecule has 0 unspecified atom stereocenters. The van der Waals surface area contributed by atoms with Crippen LogP contribution in [0.1, 0.15) is 41.0 Å². The number of hydrogen-bond acceptors (Lipinski definition) is 3. The summed E-state index contributed by atoms with van der Waals surface area (Å²) in [6.07, 6.45) is 6.47. The molecule has 0 aromatic heterocycles. The highest BCUT2D eigenvalue weighted by molar-refractivity contribution is 5.92. The molecule has 0 amide bonds. The van der Waals surface area contributed by atoms with E-state index in [1.165, 1.54) is 0 Å². The lowest BCUT2D eigenvalue weighted by Gasteiger charge is -2.36. The average Bonchev–Trinajstić information content (AvgIpc) is 2.60. The topological polar surface area (TPSA) is 43.4 Å². The molecule has 0 saturated carbocycles. The minimum absolute atomic E-state index is 0.0187. The first-order chi connectivity index (χ1) is 8.24. The van der Waals surface area contributed by atoms with Crippen molar-refractivity contribution in [3.8, 4) is 0 Å². The maximum absolute atomic E-state index is 12.3. The van der Waals surface area contributed by atoms with Crippen LogP contribution in [0.15, 0.2) is 23.8 Å². The lowest BCUT2D eigenvalue weighted by molar-refractivity contribution is -0.149. The molecule has 1 rings (SSSR count). The number of esters is 1. The number of rotatable bonds is 4. The van der Waals surface area contributed by atoms with Crippen LogP contribution in [0, 0.1) is 10.8 Å². The van der Waals surface area contributed by atoms with Crippen molar-refractivity contribution in [2.45, 2.75) is 41.0 Å². The summed E-state index contributed by atoms with van der Waals surface area (Å²) >= 11 is 0. The smallest absolute Gasteiger partial charge is 0.333 e. The van der Waals surface area contributed by atoms with Gasteiger partial charge in [-0.15, -0.1) is 0 Å². The van der Waals surface area contributed by atoms with Gasteiger partial charge in [-0.25, -0.2) is 4.79 Å². The van der Waals surface area contributed by atoms with Crippen LogP contribution in [-0.2, 0) is 14.3 Å². The van der Waals surface area contributed by atoms with Crippen molar-refractivity contribution in [3.05, 3.63) is 23.8 Å². The minimum Gasteiger partial charge on any atom is -0.454 e. The third kappa shape index (κ3) is 2.55. The molecular weight excluding hydrogens is 228 g/mol. The summed E-state index contributed by atoms with van der Waals surface area (Å²) < 4.78 is 5.04. The van der Waals surface area contributed by atoms with Gasteiger partial charge in [0.15, 0.2) is 12.4 Å². The molecular formula is C15H22O3. The van der Waals surface area contributed by atoms with E-state index in [4.69, 9.17) is 4.74 Å². The number of hydrogen-bond donors (Lipinski definition) is 0. The Morgan fingerprint density at radius 3 is 2.39 bits per heavy atom. The van der Waals surface area contributed by atoms with E-state index in [0.29, 0.717) is 12.0 Å². The zero-order valence-corrected chi connectivity index (χ0v) is 11.9. The molecule has 0 N–H and O–H groups in total. The Morgan fingerprint density at radius 2 is 1.94 bits per heavy atom. The second kappa shape index (κ2) is 5.09. The molecule has 3 heteroatoms. The largest absolute Gasteiger partial charge is 0.454 e. The molecule has 1 aliphatic carbocycles. The Morgan fingerprint density at radius 1 is 1.33 bits per heavy atom. The van der Waals surface area contributed by atoms with Crippen molar-refractivity contribution < 1.29 is 14.3 Å². The standard InChI is InChI=1S/C15H22O3/c1-6-11(2)13(17)18-10-12(16)15(5)9-7-8-14(15,3)4/h6-8H,9-10H2,1-5H3/b11-6-/t15-/m0/s1. The highest BCUT2D eigenvalue weighted by Crippen LogP contribution is 2.48. The first-order valence-corrected chi connectivity index (χ1v) is 6.25. The molecule has 0 aliphatic heterocycles. The number of ether oxygens (including phenoxy) is 1. The summed E-state index contributed by atoms with van der Waals surface area (Å²) in [5, 5.41) is 0. The zero-order chi connectivity index (χ0) is 14.0. The molecule has 0 saturated heterocycles. The van der Waals surface area contributed by atoms with E-state index in [1.54, 1.807) is 19.9 Å². The van der Waals surface area contributed by atoms with Crippen molar-refractivity contribution in [1.29, 1.82) is 0 Å². The van der Waals surface area contributed by atoms with Crippen LogP contribution in [0.25, 0.3) is 0 Å². The summed E-state index contributed by atoms with van der Waals surface area (Å²) in [4.78, 5) is 23.8. The summed E-state index contributed by atoms with van der Waals surface area (Å²) in [6, 6.07) is 0. The predicted molar refractivity (Wildman–Crippen MR) is 71.0 cm³/mol. The first-order valence-electron chi connectivity index (χ1n) is 6.25. The van der Waals surface area contributed by atoms with E-state index >= 15 is 0 Å². The van der Waals surface area contributed by atoms with E-state index in [2.05, 4.69) is 6.08 Å². The SMILES string of the molecule is C/C=C(/C)C(=O)OCC(=O)[C@]1(C)CC=CC1(C)C. The van der Waals surface area contributed by atoms with Crippen LogP contribution in [0.4, 0.5) is 0 Å². The normalized spacial score (nSPS) is 26.2. The number of carbonyl (C=O) groups is 2. The fourth-order valence-corrected chi connectivity index (χ4v) is 2.03. The molecule has 0 aromatic rings. The molecule has 0 spiro atoms. The third-order valence-electron chi connectivity index (χ3n) is 4.19. The van der Waals surface area contributed by atoms with Gasteiger partial charge in [0.1, 0.15) is 0 Å². The van der Waals surface area contributed by atoms with Gasteiger partial charge in [-0.05, 0) is 25.7 Å². The van der Waals surface area contributed by atoms with Gasteiger partial charge >= 0.3 is 5.97 Å². The molecule has 100 valence electrons. The van der Waals surface area contributed by atoms with Crippen LogP contribution < -0.4 is 0 Å². The third-order valence-corrected chi connectivity index (χ3v) is 4.19. The van der Waals surface area contributed by atoms with E-state index in [9.17, 15) is 9.59 Å². The van der Waals surface area contributed by atoms with E-state index < -0.39 is 11.4 Å². The molecule has 0 aromatic carbocycles. The Kier molecular flexibility index (Phi) is 4.15. The highest BCUT2D eigenvalue weighted by Gasteiger charge is 2.47. The molecule has 18 heavy (non-hydrogen) atoms. The van der Waals surface area contributed by atoms with Gasteiger partial charge in [-0.3, -0.25) is 4.79 Å². The van der Waals surface area contributed by atoms with Crippen LogP contribution >= 0.6 is 0 Å². The molecule has 0 bridgehead atoms. The van der Waals surface area contributed by atoms with Crippen LogP contribution in [-0.4, -0.2) is 18.4 Å². The van der Waals surface area contributed by atoms with Crippen molar-refractivity contribution >= 4 is 11.8 Å².